The number of fused-ring (bicyclic) bond motifs is 2. The molecule has 4 heteroatoms. The van der Waals surface area contributed by atoms with Gasteiger partial charge in [-0.2, -0.15) is 0 Å². The SMILES string of the molecule is CCCCc1ccc(-c2cccc3c2C=C(c2ccccc2)[CH]3[Zr]([Cl])([Cl])([CH]2C(c3ccccc3)=Cc3c(-c4ccc(CCCC)cc4)cccc32)[SiH](C)C)cc1. The summed E-state index contributed by atoms with van der Waals surface area (Å²) in [6, 6.07) is 54.2. The summed E-state index contributed by atoms with van der Waals surface area (Å²) in [7, 11) is 18.0. The first-order valence-corrected chi connectivity index (χ1v) is 37.1. The van der Waals surface area contributed by atoms with Crippen LogP contribution in [0.5, 0.6) is 0 Å². The van der Waals surface area contributed by atoms with Crippen molar-refractivity contribution in [1.29, 1.82) is 0 Å². The predicted octanol–water partition coefficient (Wildman–Crippen LogP) is 15.6. The van der Waals surface area contributed by atoms with Crippen molar-refractivity contribution in [2.24, 2.45) is 0 Å². The Morgan fingerprint density at radius 3 is 1.21 bits per heavy atom. The minimum absolute atomic E-state index is 0.0721. The molecule has 2 aliphatic rings. The van der Waals surface area contributed by atoms with Gasteiger partial charge in [-0.3, -0.25) is 0 Å². The summed E-state index contributed by atoms with van der Waals surface area (Å²) in [5.74, 6) is -1.82. The molecule has 56 heavy (non-hydrogen) atoms. The molecule has 2 unspecified atom stereocenters. The van der Waals surface area contributed by atoms with Crippen molar-refractivity contribution in [3.05, 3.63) is 190 Å². The number of hydrogen-bond donors (Lipinski definition) is 0. The van der Waals surface area contributed by atoms with Crippen LogP contribution in [0, 0.1) is 0 Å². The molecule has 0 nitrogen and oxygen atoms in total. The second-order valence-electron chi connectivity index (χ2n) is 16.4. The molecule has 0 bridgehead atoms. The van der Waals surface area contributed by atoms with Crippen molar-refractivity contribution in [2.75, 3.05) is 0 Å². The minimum atomic E-state index is -5.18. The molecule has 0 amide bonds. The van der Waals surface area contributed by atoms with E-state index in [1.54, 1.807) is 0 Å². The number of benzene rings is 6. The zero-order chi connectivity index (χ0) is 38.9. The van der Waals surface area contributed by atoms with Crippen molar-refractivity contribution in [3.63, 3.8) is 0 Å². The number of aryl methyl sites for hydroxylation is 2. The van der Waals surface area contributed by atoms with E-state index >= 15 is 0 Å². The third kappa shape index (κ3) is 7.04. The fourth-order valence-electron chi connectivity index (χ4n) is 9.55. The van der Waals surface area contributed by atoms with Gasteiger partial charge >= 0.3 is 347 Å². The Labute approximate surface area is 344 Å². The van der Waals surface area contributed by atoms with Crippen LogP contribution < -0.4 is 0 Å². The van der Waals surface area contributed by atoms with Gasteiger partial charge < -0.3 is 0 Å². The molecular weight excluding hydrogens is 815 g/mol. The van der Waals surface area contributed by atoms with Gasteiger partial charge in [-0.25, -0.2) is 0 Å². The van der Waals surface area contributed by atoms with E-state index in [1.165, 1.54) is 104 Å². The molecular formula is C52H53Cl2SiZr. The van der Waals surface area contributed by atoms with Gasteiger partial charge in [0.25, 0.3) is 0 Å². The molecule has 0 aromatic heterocycles. The molecule has 0 saturated heterocycles. The maximum absolute atomic E-state index is 8.98. The molecule has 0 radical (unpaired) electrons. The Balaban J connectivity index is 1.34. The Morgan fingerprint density at radius 1 is 0.464 bits per heavy atom. The fourth-order valence-corrected chi connectivity index (χ4v) is 39.7. The summed E-state index contributed by atoms with van der Waals surface area (Å²) in [4.78, 5) is 0. The van der Waals surface area contributed by atoms with Crippen molar-refractivity contribution < 1.29 is 15.6 Å². The van der Waals surface area contributed by atoms with Crippen LogP contribution in [-0.2, 0) is 28.4 Å². The molecule has 0 spiro atoms. The number of allylic oxidation sites excluding steroid dienone is 2. The zero-order valence-electron chi connectivity index (χ0n) is 33.2. The average Bonchev–Trinajstić information content (AvgIpc) is 3.85. The molecule has 0 saturated carbocycles. The molecule has 0 fully saturated rings. The van der Waals surface area contributed by atoms with Crippen molar-refractivity contribution in [3.8, 4) is 22.3 Å². The Bertz CT molecular complexity index is 2230. The number of halogens is 2. The summed E-state index contributed by atoms with van der Waals surface area (Å²) in [6.45, 7) is 9.41. The Kier molecular flexibility index (Phi) is 11.5. The summed E-state index contributed by atoms with van der Waals surface area (Å²) in [6.07, 6.45) is 12.0. The van der Waals surface area contributed by atoms with Crippen LogP contribution >= 0.6 is 17.0 Å². The van der Waals surface area contributed by atoms with Gasteiger partial charge in [0.2, 0.25) is 0 Å². The van der Waals surface area contributed by atoms with Gasteiger partial charge in [0.15, 0.2) is 0 Å². The van der Waals surface area contributed by atoms with Crippen LogP contribution in [0.2, 0.25) is 13.1 Å². The summed E-state index contributed by atoms with van der Waals surface area (Å²) < 4.78 is -0.144. The van der Waals surface area contributed by atoms with Gasteiger partial charge in [-0.05, 0) is 0 Å². The summed E-state index contributed by atoms with van der Waals surface area (Å²) >= 11 is -5.18. The van der Waals surface area contributed by atoms with E-state index in [9.17, 15) is 0 Å². The molecule has 0 N–H and O–H groups in total. The first-order valence-electron chi connectivity index (χ1n) is 20.8. The quantitative estimate of drug-likeness (QED) is 0.101. The van der Waals surface area contributed by atoms with Crippen molar-refractivity contribution in [1.82, 2.24) is 0 Å². The molecule has 283 valence electrons. The molecule has 2 atom stereocenters. The second-order valence-corrected chi connectivity index (χ2v) is 58.9. The summed E-state index contributed by atoms with van der Waals surface area (Å²) in [5.41, 5.74) is 17.9. The van der Waals surface area contributed by atoms with E-state index in [1.807, 2.05) is 0 Å². The third-order valence-electron chi connectivity index (χ3n) is 12.7. The zero-order valence-corrected chi connectivity index (χ0v) is 38.4. The molecule has 6 aromatic carbocycles. The predicted molar refractivity (Wildman–Crippen MR) is 246 cm³/mol. The van der Waals surface area contributed by atoms with Crippen molar-refractivity contribution in [2.45, 2.75) is 72.7 Å². The summed E-state index contributed by atoms with van der Waals surface area (Å²) in [5, 5.41) is 0. The first kappa shape index (κ1) is 39.3. The topological polar surface area (TPSA) is 0 Å². The van der Waals surface area contributed by atoms with E-state index in [4.69, 9.17) is 17.0 Å². The van der Waals surface area contributed by atoms with Crippen molar-refractivity contribution >= 4 is 46.2 Å². The van der Waals surface area contributed by atoms with Crippen LogP contribution in [-0.4, -0.2) is 5.92 Å². The van der Waals surface area contributed by atoms with E-state index in [2.05, 4.69) is 185 Å². The van der Waals surface area contributed by atoms with Gasteiger partial charge in [0.1, 0.15) is 0 Å². The number of unbranched alkanes of at least 4 members (excludes halogenated alkanes) is 2. The van der Waals surface area contributed by atoms with Crippen LogP contribution in [0.3, 0.4) is 0 Å². The Hall–Kier alpha value is -3.52. The number of rotatable bonds is 13. The molecule has 0 aliphatic heterocycles. The van der Waals surface area contributed by atoms with E-state index in [0.717, 1.165) is 12.8 Å². The molecule has 2 aliphatic carbocycles. The fraction of sp³-hybridized carbons (Fsp3) is 0.231. The monoisotopic (exact) mass is 865 g/mol. The standard InChI is InChI=1S/2C25H23.C2H7Si.2ClH.Zr/c2*1-2-3-8-19-13-15-21(16-14-19)24-12-7-11-22-17-23(18-25(22)24)20-9-5-4-6-10-20;1-3-2;;;/h2*4-7,9-18H,2-3,8H2,1H3;3H,1-2H3;2*1H;/q;;;;;+2/p-2. The molecule has 8 rings (SSSR count). The number of hydrogen-bond acceptors (Lipinski definition) is 0. The maximum atomic E-state index is 8.98. The van der Waals surface area contributed by atoms with E-state index < -0.39 is 21.5 Å². The van der Waals surface area contributed by atoms with E-state index in [-0.39, 0.29) is 7.25 Å². The first-order chi connectivity index (χ1) is 27.2. The van der Waals surface area contributed by atoms with Crippen LogP contribution in [0.15, 0.2) is 146 Å². The second kappa shape index (κ2) is 16.4. The van der Waals surface area contributed by atoms with E-state index in [0.29, 0.717) is 0 Å². The van der Waals surface area contributed by atoms with Crippen LogP contribution in [0.25, 0.3) is 45.6 Å². The van der Waals surface area contributed by atoms with Gasteiger partial charge in [-0.15, -0.1) is 0 Å². The molecule has 0 heterocycles. The van der Waals surface area contributed by atoms with Gasteiger partial charge in [0.05, 0.1) is 0 Å². The molecule has 6 aromatic rings. The van der Waals surface area contributed by atoms with Gasteiger partial charge in [0, 0.05) is 0 Å². The van der Waals surface area contributed by atoms with Gasteiger partial charge in [-0.1, -0.05) is 0 Å². The Morgan fingerprint density at radius 2 is 0.857 bits per heavy atom. The van der Waals surface area contributed by atoms with Crippen LogP contribution in [0.1, 0.15) is 91.3 Å². The third-order valence-corrected chi connectivity index (χ3v) is 64.3. The normalized spacial score (nSPS) is 16.9. The van der Waals surface area contributed by atoms with Crippen LogP contribution in [0.4, 0.5) is 0 Å². The average molecular weight is 868 g/mol.